The average Bonchev–Trinajstić information content (AvgIpc) is 2.89. The molecule has 0 spiro atoms. The predicted molar refractivity (Wildman–Crippen MR) is 60.6 cm³/mol. The number of nitrogens with two attached hydrogens (primary N) is 1. The van der Waals surface area contributed by atoms with E-state index < -0.39 is 0 Å². The molecule has 1 aliphatic carbocycles. The van der Waals surface area contributed by atoms with Crippen molar-refractivity contribution in [2.45, 2.75) is 31.7 Å². The van der Waals surface area contributed by atoms with Crippen LogP contribution in [0.3, 0.4) is 0 Å². The molecular formula is C11H18N4O. The Hall–Kier alpha value is -1.36. The number of aromatic amines is 1. The Morgan fingerprint density at radius 2 is 2.50 bits per heavy atom. The highest BCUT2D eigenvalue weighted by atomic mass is 16.1. The molecule has 0 aliphatic heterocycles. The van der Waals surface area contributed by atoms with Crippen LogP contribution in [0.4, 0.5) is 0 Å². The monoisotopic (exact) mass is 222 g/mol. The van der Waals surface area contributed by atoms with Crippen molar-refractivity contribution in [1.29, 1.82) is 0 Å². The van der Waals surface area contributed by atoms with E-state index in [1.165, 1.54) is 0 Å². The number of hydrogen-bond donors (Lipinski definition) is 3. The van der Waals surface area contributed by atoms with Gasteiger partial charge in [-0.1, -0.05) is 0 Å². The van der Waals surface area contributed by atoms with Gasteiger partial charge in [0.15, 0.2) is 0 Å². The Morgan fingerprint density at radius 1 is 1.62 bits per heavy atom. The SMILES string of the molecule is NC1CCC(C(=O)NCCc2cnc[nH]2)C1. The van der Waals surface area contributed by atoms with E-state index in [-0.39, 0.29) is 17.9 Å². The maximum atomic E-state index is 11.7. The molecule has 4 N–H and O–H groups in total. The molecular weight excluding hydrogens is 204 g/mol. The molecule has 1 amide bonds. The molecule has 0 saturated heterocycles. The zero-order chi connectivity index (χ0) is 11.4. The van der Waals surface area contributed by atoms with Crippen LogP contribution in [0.2, 0.25) is 0 Å². The lowest BCUT2D eigenvalue weighted by Crippen LogP contribution is -2.31. The number of carbonyl (C=O) groups is 1. The van der Waals surface area contributed by atoms with Crippen molar-refractivity contribution >= 4 is 5.91 Å². The first kappa shape index (κ1) is 11.1. The van der Waals surface area contributed by atoms with Crippen molar-refractivity contribution in [3.8, 4) is 0 Å². The summed E-state index contributed by atoms with van der Waals surface area (Å²) in [6, 6.07) is 0.211. The third-order valence-electron chi connectivity index (χ3n) is 3.09. The minimum Gasteiger partial charge on any atom is -0.355 e. The van der Waals surface area contributed by atoms with E-state index >= 15 is 0 Å². The quantitative estimate of drug-likeness (QED) is 0.680. The van der Waals surface area contributed by atoms with E-state index in [9.17, 15) is 4.79 Å². The summed E-state index contributed by atoms with van der Waals surface area (Å²) in [4.78, 5) is 18.7. The van der Waals surface area contributed by atoms with Gasteiger partial charge < -0.3 is 16.0 Å². The van der Waals surface area contributed by atoms with Gasteiger partial charge in [-0.3, -0.25) is 4.79 Å². The molecule has 1 fully saturated rings. The van der Waals surface area contributed by atoms with Crippen molar-refractivity contribution < 1.29 is 4.79 Å². The minimum absolute atomic E-state index is 0.122. The standard InChI is InChI=1S/C11H18N4O/c12-9-2-1-8(5-9)11(16)14-4-3-10-6-13-7-15-10/h6-9H,1-5,12H2,(H,13,15)(H,14,16). The molecule has 2 unspecified atom stereocenters. The number of hydrogen-bond acceptors (Lipinski definition) is 3. The van der Waals surface area contributed by atoms with E-state index in [1.54, 1.807) is 12.5 Å². The molecule has 5 heteroatoms. The molecule has 0 radical (unpaired) electrons. The lowest BCUT2D eigenvalue weighted by molar-refractivity contribution is -0.124. The molecule has 16 heavy (non-hydrogen) atoms. The first-order valence-electron chi connectivity index (χ1n) is 5.76. The summed E-state index contributed by atoms with van der Waals surface area (Å²) in [5.74, 6) is 0.268. The fraction of sp³-hybridized carbons (Fsp3) is 0.636. The van der Waals surface area contributed by atoms with E-state index in [1.807, 2.05) is 0 Å². The second-order valence-corrected chi connectivity index (χ2v) is 4.39. The van der Waals surface area contributed by atoms with E-state index in [0.29, 0.717) is 6.54 Å². The summed E-state index contributed by atoms with van der Waals surface area (Å²) in [7, 11) is 0. The molecule has 88 valence electrons. The van der Waals surface area contributed by atoms with Crippen molar-refractivity contribution in [2.75, 3.05) is 6.54 Å². The number of H-pyrrole nitrogens is 1. The first-order chi connectivity index (χ1) is 7.75. The van der Waals surface area contributed by atoms with Gasteiger partial charge in [-0.2, -0.15) is 0 Å². The van der Waals surface area contributed by atoms with Gasteiger partial charge in [-0.05, 0) is 19.3 Å². The largest absolute Gasteiger partial charge is 0.355 e. The van der Waals surface area contributed by atoms with Gasteiger partial charge in [0.1, 0.15) is 0 Å². The van der Waals surface area contributed by atoms with Crippen LogP contribution in [-0.4, -0.2) is 28.5 Å². The molecule has 0 aromatic carbocycles. The van der Waals surface area contributed by atoms with Gasteiger partial charge in [0.2, 0.25) is 5.91 Å². The molecule has 1 aliphatic rings. The van der Waals surface area contributed by atoms with E-state index in [4.69, 9.17) is 5.73 Å². The van der Waals surface area contributed by atoms with Gasteiger partial charge in [0.05, 0.1) is 6.33 Å². The maximum absolute atomic E-state index is 11.7. The van der Waals surface area contributed by atoms with Crippen LogP contribution in [-0.2, 0) is 11.2 Å². The second-order valence-electron chi connectivity index (χ2n) is 4.39. The summed E-state index contributed by atoms with van der Waals surface area (Å²) in [5.41, 5.74) is 6.82. The van der Waals surface area contributed by atoms with Gasteiger partial charge in [-0.25, -0.2) is 4.98 Å². The Kier molecular flexibility index (Phi) is 3.56. The Labute approximate surface area is 94.8 Å². The Balaban J connectivity index is 1.68. The molecule has 2 rings (SSSR count). The van der Waals surface area contributed by atoms with Gasteiger partial charge in [0, 0.05) is 36.8 Å². The normalized spacial score (nSPS) is 24.6. The Bertz CT molecular complexity index is 336. The number of aromatic nitrogens is 2. The van der Waals surface area contributed by atoms with Crippen LogP contribution in [0.1, 0.15) is 25.0 Å². The molecule has 1 aromatic heterocycles. The van der Waals surface area contributed by atoms with Crippen LogP contribution in [0.15, 0.2) is 12.5 Å². The van der Waals surface area contributed by atoms with Gasteiger partial charge >= 0.3 is 0 Å². The number of nitrogens with one attached hydrogen (secondary N) is 2. The third kappa shape index (κ3) is 2.82. The number of nitrogens with zero attached hydrogens (tertiary/aromatic N) is 1. The first-order valence-corrected chi connectivity index (χ1v) is 5.76. The fourth-order valence-electron chi connectivity index (χ4n) is 2.14. The van der Waals surface area contributed by atoms with Crippen LogP contribution in [0, 0.1) is 5.92 Å². The third-order valence-corrected chi connectivity index (χ3v) is 3.09. The molecule has 0 bridgehead atoms. The number of rotatable bonds is 4. The lowest BCUT2D eigenvalue weighted by Gasteiger charge is -2.09. The van der Waals surface area contributed by atoms with E-state index in [2.05, 4.69) is 15.3 Å². The van der Waals surface area contributed by atoms with Crippen molar-refractivity contribution in [3.63, 3.8) is 0 Å². The summed E-state index contributed by atoms with van der Waals surface area (Å²) in [6.07, 6.45) is 6.95. The lowest BCUT2D eigenvalue weighted by atomic mass is 10.1. The second kappa shape index (κ2) is 5.12. The van der Waals surface area contributed by atoms with Crippen molar-refractivity contribution in [1.82, 2.24) is 15.3 Å². The zero-order valence-electron chi connectivity index (χ0n) is 9.28. The number of amides is 1. The van der Waals surface area contributed by atoms with Crippen LogP contribution >= 0.6 is 0 Å². The summed E-state index contributed by atoms with van der Waals surface area (Å²) in [5, 5.41) is 2.94. The Morgan fingerprint density at radius 3 is 3.12 bits per heavy atom. The van der Waals surface area contributed by atoms with Gasteiger partial charge in [-0.15, -0.1) is 0 Å². The molecule has 1 aromatic rings. The molecule has 2 atom stereocenters. The molecule has 1 saturated carbocycles. The summed E-state index contributed by atoms with van der Waals surface area (Å²) in [6.45, 7) is 0.659. The highest BCUT2D eigenvalue weighted by Gasteiger charge is 2.27. The number of imidazole rings is 1. The topological polar surface area (TPSA) is 83.8 Å². The summed E-state index contributed by atoms with van der Waals surface area (Å²) >= 11 is 0. The van der Waals surface area contributed by atoms with Gasteiger partial charge in [0.25, 0.3) is 0 Å². The van der Waals surface area contributed by atoms with Crippen molar-refractivity contribution in [2.24, 2.45) is 11.7 Å². The zero-order valence-corrected chi connectivity index (χ0v) is 9.28. The summed E-state index contributed by atoms with van der Waals surface area (Å²) < 4.78 is 0. The number of carbonyl (C=O) groups excluding carboxylic acids is 1. The smallest absolute Gasteiger partial charge is 0.223 e. The highest BCUT2D eigenvalue weighted by molar-refractivity contribution is 5.78. The average molecular weight is 222 g/mol. The highest BCUT2D eigenvalue weighted by Crippen LogP contribution is 2.23. The van der Waals surface area contributed by atoms with E-state index in [0.717, 1.165) is 31.4 Å². The molecule has 1 heterocycles. The predicted octanol–water partition coefficient (Wildman–Crippen LogP) is 0.196. The van der Waals surface area contributed by atoms with Crippen LogP contribution in [0.5, 0.6) is 0 Å². The maximum Gasteiger partial charge on any atom is 0.223 e. The molecule has 5 nitrogen and oxygen atoms in total. The van der Waals surface area contributed by atoms with Crippen LogP contribution < -0.4 is 11.1 Å². The minimum atomic E-state index is 0.122. The fourth-order valence-corrected chi connectivity index (χ4v) is 2.14. The van der Waals surface area contributed by atoms with Crippen LogP contribution in [0.25, 0.3) is 0 Å². The van der Waals surface area contributed by atoms with Crippen molar-refractivity contribution in [3.05, 3.63) is 18.2 Å².